The highest BCUT2D eigenvalue weighted by Crippen LogP contribution is 2.15. The maximum Gasteiger partial charge on any atom is 0.236 e. The number of piperazine rings is 1. The number of rotatable bonds is 9. The number of hydrogen-bond donors (Lipinski definition) is 1. The Morgan fingerprint density at radius 3 is 2.58 bits per heavy atom. The van der Waals surface area contributed by atoms with Gasteiger partial charge in [-0.15, -0.1) is 0 Å². The van der Waals surface area contributed by atoms with Crippen LogP contribution >= 0.6 is 0 Å². The van der Waals surface area contributed by atoms with Gasteiger partial charge in [-0.05, 0) is 12.1 Å². The number of hydrogen-bond acceptors (Lipinski definition) is 5. The standard InChI is InChI=1S/C18H30N4O2/c1-20(18(23)16-19-8-15-24-2)9-10-21-11-13-22(14-12-21)17-6-4-3-5-7-17/h3-7,19H,8-16H2,1-2H3. The molecule has 1 aromatic rings. The predicted octanol–water partition coefficient (Wildman–Crippen LogP) is 0.503. The fourth-order valence-corrected chi connectivity index (χ4v) is 2.79. The molecule has 24 heavy (non-hydrogen) atoms. The van der Waals surface area contributed by atoms with Crippen molar-refractivity contribution in [3.05, 3.63) is 30.3 Å². The number of carbonyl (C=O) groups is 1. The molecular weight excluding hydrogens is 304 g/mol. The monoisotopic (exact) mass is 334 g/mol. The van der Waals surface area contributed by atoms with Gasteiger partial charge in [-0.2, -0.15) is 0 Å². The number of methoxy groups -OCH3 is 1. The Hall–Kier alpha value is -1.63. The van der Waals surface area contributed by atoms with Gasteiger partial charge >= 0.3 is 0 Å². The third kappa shape index (κ3) is 6.11. The number of amides is 1. The lowest BCUT2D eigenvalue weighted by Gasteiger charge is -2.36. The van der Waals surface area contributed by atoms with Gasteiger partial charge in [0.05, 0.1) is 13.2 Å². The number of anilines is 1. The molecule has 1 heterocycles. The Labute approximate surface area is 145 Å². The van der Waals surface area contributed by atoms with E-state index in [9.17, 15) is 4.79 Å². The van der Waals surface area contributed by atoms with Gasteiger partial charge in [-0.1, -0.05) is 18.2 Å². The predicted molar refractivity (Wildman–Crippen MR) is 97.5 cm³/mol. The van der Waals surface area contributed by atoms with Gasteiger partial charge in [0.2, 0.25) is 5.91 Å². The number of benzene rings is 1. The van der Waals surface area contributed by atoms with Gasteiger partial charge < -0.3 is 19.9 Å². The average molecular weight is 334 g/mol. The minimum absolute atomic E-state index is 0.133. The van der Waals surface area contributed by atoms with Gasteiger partial charge in [0.25, 0.3) is 0 Å². The molecule has 0 radical (unpaired) electrons. The summed E-state index contributed by atoms with van der Waals surface area (Å²) in [5.41, 5.74) is 1.30. The molecule has 1 N–H and O–H groups in total. The largest absolute Gasteiger partial charge is 0.383 e. The van der Waals surface area contributed by atoms with Crippen molar-refractivity contribution >= 4 is 11.6 Å². The first-order valence-electron chi connectivity index (χ1n) is 8.66. The number of ether oxygens (including phenoxy) is 1. The van der Waals surface area contributed by atoms with Gasteiger partial charge in [0.1, 0.15) is 0 Å². The van der Waals surface area contributed by atoms with Crippen LogP contribution in [-0.2, 0) is 9.53 Å². The van der Waals surface area contributed by atoms with Crippen LogP contribution in [0.1, 0.15) is 0 Å². The molecule has 0 saturated carbocycles. The summed E-state index contributed by atoms with van der Waals surface area (Å²) in [6.07, 6.45) is 0. The van der Waals surface area contributed by atoms with Gasteiger partial charge in [-0.3, -0.25) is 9.69 Å². The Morgan fingerprint density at radius 1 is 1.21 bits per heavy atom. The maximum atomic E-state index is 12.0. The molecule has 1 aromatic carbocycles. The Morgan fingerprint density at radius 2 is 1.92 bits per heavy atom. The van der Waals surface area contributed by atoms with E-state index in [1.165, 1.54) is 5.69 Å². The number of carbonyl (C=O) groups excluding carboxylic acids is 1. The van der Waals surface area contributed by atoms with Crippen LogP contribution in [0.3, 0.4) is 0 Å². The van der Waals surface area contributed by atoms with Crippen molar-refractivity contribution in [2.45, 2.75) is 0 Å². The quantitative estimate of drug-likeness (QED) is 0.667. The van der Waals surface area contributed by atoms with E-state index in [4.69, 9.17) is 4.74 Å². The highest BCUT2D eigenvalue weighted by Gasteiger charge is 2.18. The molecule has 6 heteroatoms. The molecule has 2 rings (SSSR count). The lowest BCUT2D eigenvalue weighted by molar-refractivity contribution is -0.129. The second-order valence-electron chi connectivity index (χ2n) is 6.15. The van der Waals surface area contributed by atoms with Gasteiger partial charge in [0, 0.05) is 65.7 Å². The summed E-state index contributed by atoms with van der Waals surface area (Å²) < 4.78 is 4.95. The zero-order valence-electron chi connectivity index (χ0n) is 14.9. The molecule has 1 aliphatic heterocycles. The zero-order chi connectivity index (χ0) is 17.2. The summed E-state index contributed by atoms with van der Waals surface area (Å²) >= 11 is 0. The molecular formula is C18H30N4O2. The summed E-state index contributed by atoms with van der Waals surface area (Å²) in [6.45, 7) is 7.59. The van der Waals surface area contributed by atoms with Crippen molar-refractivity contribution in [3.63, 3.8) is 0 Å². The summed E-state index contributed by atoms with van der Waals surface area (Å²) in [5.74, 6) is 0.133. The smallest absolute Gasteiger partial charge is 0.236 e. The molecule has 1 fully saturated rings. The van der Waals surface area contributed by atoms with E-state index in [0.717, 1.165) is 39.3 Å². The van der Waals surface area contributed by atoms with Crippen molar-refractivity contribution in [2.75, 3.05) is 78.0 Å². The minimum atomic E-state index is 0.133. The molecule has 0 unspecified atom stereocenters. The Kier molecular flexibility index (Phi) is 8.01. The van der Waals surface area contributed by atoms with Crippen LogP contribution in [-0.4, -0.2) is 88.8 Å². The summed E-state index contributed by atoms with van der Waals surface area (Å²) in [6, 6.07) is 10.6. The third-order valence-electron chi connectivity index (χ3n) is 4.43. The molecule has 0 atom stereocenters. The summed E-state index contributed by atoms with van der Waals surface area (Å²) in [4.78, 5) is 18.7. The SMILES string of the molecule is COCCNCC(=O)N(C)CCN1CCN(c2ccccc2)CC1. The first-order chi connectivity index (χ1) is 11.7. The van der Waals surface area contributed by atoms with E-state index >= 15 is 0 Å². The molecule has 1 saturated heterocycles. The van der Waals surface area contributed by atoms with Gasteiger partial charge in [0.15, 0.2) is 0 Å². The second kappa shape index (κ2) is 10.3. The second-order valence-corrected chi connectivity index (χ2v) is 6.15. The van der Waals surface area contributed by atoms with Crippen LogP contribution in [0.5, 0.6) is 0 Å². The third-order valence-corrected chi connectivity index (χ3v) is 4.43. The number of nitrogens with one attached hydrogen (secondary N) is 1. The van der Waals surface area contributed by atoms with E-state index in [-0.39, 0.29) is 5.91 Å². The molecule has 0 spiro atoms. The number of para-hydroxylation sites is 1. The van der Waals surface area contributed by atoms with Crippen LogP contribution in [0.2, 0.25) is 0 Å². The van der Waals surface area contributed by atoms with E-state index in [0.29, 0.717) is 19.7 Å². The number of nitrogens with zero attached hydrogens (tertiary/aromatic N) is 3. The zero-order valence-corrected chi connectivity index (χ0v) is 14.9. The first kappa shape index (κ1) is 18.7. The lowest BCUT2D eigenvalue weighted by Crippen LogP contribution is -2.49. The molecule has 0 bridgehead atoms. The van der Waals surface area contributed by atoms with Crippen LogP contribution in [0.15, 0.2) is 30.3 Å². The summed E-state index contributed by atoms with van der Waals surface area (Å²) in [5, 5.41) is 3.09. The van der Waals surface area contributed by atoms with Crippen LogP contribution in [0, 0.1) is 0 Å². The topological polar surface area (TPSA) is 48.1 Å². The van der Waals surface area contributed by atoms with Crippen molar-refractivity contribution < 1.29 is 9.53 Å². The lowest BCUT2D eigenvalue weighted by atomic mass is 10.2. The van der Waals surface area contributed by atoms with Crippen molar-refractivity contribution in [1.82, 2.24) is 15.1 Å². The molecule has 6 nitrogen and oxygen atoms in total. The molecule has 1 aliphatic rings. The van der Waals surface area contributed by atoms with E-state index in [1.54, 1.807) is 7.11 Å². The van der Waals surface area contributed by atoms with Crippen LogP contribution in [0.4, 0.5) is 5.69 Å². The van der Waals surface area contributed by atoms with E-state index < -0.39 is 0 Å². The first-order valence-corrected chi connectivity index (χ1v) is 8.66. The van der Waals surface area contributed by atoms with Crippen molar-refractivity contribution in [1.29, 1.82) is 0 Å². The number of likely N-dealkylation sites (N-methyl/N-ethyl adjacent to an activating group) is 1. The molecule has 134 valence electrons. The fraction of sp³-hybridized carbons (Fsp3) is 0.611. The molecule has 1 amide bonds. The van der Waals surface area contributed by atoms with Crippen LogP contribution in [0.25, 0.3) is 0 Å². The summed E-state index contributed by atoms with van der Waals surface area (Å²) in [7, 11) is 3.54. The fourth-order valence-electron chi connectivity index (χ4n) is 2.79. The van der Waals surface area contributed by atoms with E-state index in [2.05, 4.69) is 45.4 Å². The molecule has 0 aliphatic carbocycles. The Balaban J connectivity index is 1.62. The van der Waals surface area contributed by atoms with E-state index in [1.807, 2.05) is 11.9 Å². The molecule has 0 aromatic heterocycles. The Bertz CT molecular complexity index is 475. The normalized spacial score (nSPS) is 15.5. The van der Waals surface area contributed by atoms with Crippen LogP contribution < -0.4 is 10.2 Å². The van der Waals surface area contributed by atoms with Crippen molar-refractivity contribution in [2.24, 2.45) is 0 Å². The minimum Gasteiger partial charge on any atom is -0.383 e. The maximum absolute atomic E-state index is 12.0. The highest BCUT2D eigenvalue weighted by molar-refractivity contribution is 5.77. The van der Waals surface area contributed by atoms with Crippen molar-refractivity contribution in [3.8, 4) is 0 Å². The van der Waals surface area contributed by atoms with Gasteiger partial charge in [-0.25, -0.2) is 0 Å². The highest BCUT2D eigenvalue weighted by atomic mass is 16.5. The average Bonchev–Trinajstić information content (AvgIpc) is 2.64.